The van der Waals surface area contributed by atoms with Crippen molar-refractivity contribution < 1.29 is 14.3 Å². The number of hydrogen-bond donors (Lipinski definition) is 0. The standard InChI is InChI=1S/C20H23NO3/c1-14-12-21(13-15(2)24-14)20(23)10-9-19(22)18-8-7-16-5-3-4-6-17(16)11-18/h3-8,11,14-15H,9-10,12-13H2,1-2H3/t14-,15+. The lowest BCUT2D eigenvalue weighted by Gasteiger charge is -2.35. The van der Waals surface area contributed by atoms with Crippen molar-refractivity contribution in [2.75, 3.05) is 13.1 Å². The molecule has 4 nitrogen and oxygen atoms in total. The Bertz CT molecular complexity index is 745. The Morgan fingerprint density at radius 3 is 2.38 bits per heavy atom. The van der Waals surface area contributed by atoms with Crippen molar-refractivity contribution in [3.8, 4) is 0 Å². The van der Waals surface area contributed by atoms with E-state index in [1.165, 1.54) is 0 Å². The van der Waals surface area contributed by atoms with Crippen molar-refractivity contribution in [1.82, 2.24) is 4.90 Å². The van der Waals surface area contributed by atoms with Crippen LogP contribution in [0.5, 0.6) is 0 Å². The zero-order valence-electron chi connectivity index (χ0n) is 14.2. The molecule has 0 spiro atoms. The Kier molecular flexibility index (Phi) is 4.95. The predicted molar refractivity (Wildman–Crippen MR) is 94.1 cm³/mol. The molecule has 0 saturated carbocycles. The number of Topliss-reactive ketones (excluding diaryl/α,β-unsaturated/α-hetero) is 1. The number of rotatable bonds is 4. The fraction of sp³-hybridized carbons (Fsp3) is 0.400. The molecule has 1 aliphatic rings. The molecule has 126 valence electrons. The van der Waals surface area contributed by atoms with E-state index in [-0.39, 0.29) is 36.7 Å². The van der Waals surface area contributed by atoms with Crippen LogP contribution in [0.4, 0.5) is 0 Å². The molecule has 0 radical (unpaired) electrons. The maximum atomic E-state index is 12.4. The highest BCUT2D eigenvalue weighted by molar-refractivity contribution is 6.01. The van der Waals surface area contributed by atoms with Crippen molar-refractivity contribution in [3.63, 3.8) is 0 Å². The van der Waals surface area contributed by atoms with Crippen molar-refractivity contribution in [1.29, 1.82) is 0 Å². The number of carbonyl (C=O) groups excluding carboxylic acids is 2. The van der Waals surface area contributed by atoms with E-state index in [9.17, 15) is 9.59 Å². The van der Waals surface area contributed by atoms with Gasteiger partial charge >= 0.3 is 0 Å². The molecule has 0 bridgehead atoms. The van der Waals surface area contributed by atoms with Gasteiger partial charge in [-0.25, -0.2) is 0 Å². The van der Waals surface area contributed by atoms with E-state index in [2.05, 4.69) is 0 Å². The van der Waals surface area contributed by atoms with Crippen LogP contribution in [0.3, 0.4) is 0 Å². The van der Waals surface area contributed by atoms with Crippen LogP contribution in [0.1, 0.15) is 37.0 Å². The number of morpholine rings is 1. The molecule has 0 N–H and O–H groups in total. The molecule has 1 heterocycles. The van der Waals surface area contributed by atoms with E-state index in [0.717, 1.165) is 10.8 Å². The lowest BCUT2D eigenvalue weighted by Crippen LogP contribution is -2.48. The summed E-state index contributed by atoms with van der Waals surface area (Å²) in [5.74, 6) is 0.0506. The van der Waals surface area contributed by atoms with Gasteiger partial charge in [0.25, 0.3) is 0 Å². The normalized spacial score (nSPS) is 21.0. The number of nitrogens with zero attached hydrogens (tertiary/aromatic N) is 1. The molecule has 3 rings (SSSR count). The molecule has 1 fully saturated rings. The maximum absolute atomic E-state index is 12.4. The van der Waals surface area contributed by atoms with Gasteiger partial charge in [0.2, 0.25) is 5.91 Å². The zero-order chi connectivity index (χ0) is 17.1. The van der Waals surface area contributed by atoms with Crippen molar-refractivity contribution in [2.24, 2.45) is 0 Å². The molecule has 2 aromatic carbocycles. The molecule has 24 heavy (non-hydrogen) atoms. The maximum Gasteiger partial charge on any atom is 0.223 e. The molecule has 4 heteroatoms. The third-order valence-corrected chi connectivity index (χ3v) is 4.41. The summed E-state index contributed by atoms with van der Waals surface area (Å²) in [7, 11) is 0. The number of amides is 1. The largest absolute Gasteiger partial charge is 0.372 e. The average molecular weight is 325 g/mol. The van der Waals surface area contributed by atoms with Crippen LogP contribution >= 0.6 is 0 Å². The van der Waals surface area contributed by atoms with E-state index in [4.69, 9.17) is 4.74 Å². The van der Waals surface area contributed by atoms with Crippen LogP contribution in [0.25, 0.3) is 10.8 Å². The van der Waals surface area contributed by atoms with Crippen LogP contribution in [0, 0.1) is 0 Å². The highest BCUT2D eigenvalue weighted by Crippen LogP contribution is 2.18. The summed E-state index contributed by atoms with van der Waals surface area (Å²) >= 11 is 0. The first-order valence-electron chi connectivity index (χ1n) is 8.48. The summed E-state index contributed by atoms with van der Waals surface area (Å²) in [4.78, 5) is 26.6. The van der Waals surface area contributed by atoms with Crippen LogP contribution in [-0.2, 0) is 9.53 Å². The minimum Gasteiger partial charge on any atom is -0.372 e. The van der Waals surface area contributed by atoms with Gasteiger partial charge in [0.15, 0.2) is 5.78 Å². The SMILES string of the molecule is C[C@@H]1CN(C(=O)CCC(=O)c2ccc3ccccc3c2)C[C@H](C)O1. The number of ketones is 1. The van der Waals surface area contributed by atoms with Crippen LogP contribution in [0.2, 0.25) is 0 Å². The van der Waals surface area contributed by atoms with E-state index >= 15 is 0 Å². The topological polar surface area (TPSA) is 46.6 Å². The monoisotopic (exact) mass is 325 g/mol. The number of ether oxygens (including phenoxy) is 1. The molecule has 2 aromatic rings. The Morgan fingerprint density at radius 1 is 1.00 bits per heavy atom. The predicted octanol–water partition coefficient (Wildman–Crippen LogP) is 3.44. The van der Waals surface area contributed by atoms with Gasteiger partial charge in [0.1, 0.15) is 0 Å². The molecular weight excluding hydrogens is 302 g/mol. The summed E-state index contributed by atoms with van der Waals surface area (Å²) in [6.45, 7) is 5.15. The Hall–Kier alpha value is -2.20. The quantitative estimate of drug-likeness (QED) is 0.809. The second-order valence-corrected chi connectivity index (χ2v) is 6.54. The average Bonchev–Trinajstić information content (AvgIpc) is 2.58. The van der Waals surface area contributed by atoms with Gasteiger partial charge in [0, 0.05) is 31.5 Å². The fourth-order valence-electron chi connectivity index (χ4n) is 3.27. The van der Waals surface area contributed by atoms with E-state index in [0.29, 0.717) is 18.7 Å². The van der Waals surface area contributed by atoms with Gasteiger partial charge in [-0.3, -0.25) is 9.59 Å². The van der Waals surface area contributed by atoms with E-state index < -0.39 is 0 Å². The highest BCUT2D eigenvalue weighted by atomic mass is 16.5. The van der Waals surface area contributed by atoms with E-state index in [1.54, 1.807) is 0 Å². The number of hydrogen-bond acceptors (Lipinski definition) is 3. The molecular formula is C20H23NO3. The second-order valence-electron chi connectivity index (χ2n) is 6.54. The molecule has 0 unspecified atom stereocenters. The summed E-state index contributed by atoms with van der Waals surface area (Å²) in [6, 6.07) is 13.7. The van der Waals surface area contributed by atoms with Gasteiger partial charge in [-0.15, -0.1) is 0 Å². The van der Waals surface area contributed by atoms with Gasteiger partial charge in [-0.2, -0.15) is 0 Å². The third-order valence-electron chi connectivity index (χ3n) is 4.41. The Morgan fingerprint density at radius 2 is 1.67 bits per heavy atom. The highest BCUT2D eigenvalue weighted by Gasteiger charge is 2.25. The van der Waals surface area contributed by atoms with Crippen LogP contribution in [-0.4, -0.2) is 41.9 Å². The van der Waals surface area contributed by atoms with Gasteiger partial charge in [-0.05, 0) is 30.7 Å². The summed E-state index contributed by atoms with van der Waals surface area (Å²) in [6.07, 6.45) is 0.602. The lowest BCUT2D eigenvalue weighted by molar-refractivity contribution is -0.143. The molecule has 1 amide bonds. The molecule has 2 atom stereocenters. The van der Waals surface area contributed by atoms with Gasteiger partial charge in [-0.1, -0.05) is 36.4 Å². The number of fused-ring (bicyclic) bond motifs is 1. The van der Waals surface area contributed by atoms with Gasteiger partial charge in [0.05, 0.1) is 12.2 Å². The van der Waals surface area contributed by atoms with Gasteiger partial charge < -0.3 is 9.64 Å². The molecule has 1 aliphatic heterocycles. The van der Waals surface area contributed by atoms with Crippen molar-refractivity contribution in [3.05, 3.63) is 48.0 Å². The van der Waals surface area contributed by atoms with Crippen molar-refractivity contribution in [2.45, 2.75) is 38.9 Å². The first kappa shape index (κ1) is 16.7. The zero-order valence-corrected chi connectivity index (χ0v) is 14.2. The summed E-state index contributed by atoms with van der Waals surface area (Å²) < 4.78 is 5.64. The van der Waals surface area contributed by atoms with Crippen LogP contribution < -0.4 is 0 Å². The smallest absolute Gasteiger partial charge is 0.223 e. The molecule has 1 saturated heterocycles. The summed E-state index contributed by atoms with van der Waals surface area (Å²) in [5.41, 5.74) is 0.671. The van der Waals surface area contributed by atoms with Crippen molar-refractivity contribution >= 4 is 22.5 Å². The Balaban J connectivity index is 1.60. The molecule has 0 aromatic heterocycles. The first-order chi connectivity index (χ1) is 11.5. The van der Waals surface area contributed by atoms with E-state index in [1.807, 2.05) is 61.2 Å². The second kappa shape index (κ2) is 7.14. The minimum absolute atomic E-state index is 0.0171. The number of benzene rings is 2. The molecule has 0 aliphatic carbocycles. The van der Waals surface area contributed by atoms with Crippen LogP contribution in [0.15, 0.2) is 42.5 Å². The fourth-order valence-corrected chi connectivity index (χ4v) is 3.27. The summed E-state index contributed by atoms with van der Waals surface area (Å²) in [5, 5.41) is 2.16. The first-order valence-corrected chi connectivity index (χ1v) is 8.48. The Labute approximate surface area is 142 Å². The lowest BCUT2D eigenvalue weighted by atomic mass is 10.0. The third kappa shape index (κ3) is 3.82. The number of carbonyl (C=O) groups is 2. The minimum atomic E-state index is 0.0171.